The van der Waals surface area contributed by atoms with Crippen LogP contribution in [0.15, 0.2) is 48.5 Å². The third kappa shape index (κ3) is 5.95. The second kappa shape index (κ2) is 10.7. The molecule has 0 aromatic heterocycles. The van der Waals surface area contributed by atoms with Crippen LogP contribution in [0.5, 0.6) is 0 Å². The second-order valence-corrected chi connectivity index (χ2v) is 9.81. The zero-order chi connectivity index (χ0) is 24.9. The molecule has 0 heterocycles. The summed E-state index contributed by atoms with van der Waals surface area (Å²) in [7, 11) is 0. The molecule has 2 aromatic rings. The molecule has 7 heteroatoms. The molecule has 3 rings (SSSR count). The molecule has 182 valence electrons. The Labute approximate surface area is 200 Å². The van der Waals surface area contributed by atoms with Crippen LogP contribution in [0, 0.1) is 11.3 Å². The van der Waals surface area contributed by atoms with Gasteiger partial charge in [-0.05, 0) is 34.6 Å². The van der Waals surface area contributed by atoms with E-state index >= 15 is 0 Å². The zero-order valence-electron chi connectivity index (χ0n) is 20.3. The average Bonchev–Trinajstić information content (AvgIpc) is 3.10. The van der Waals surface area contributed by atoms with Crippen molar-refractivity contribution >= 4 is 18.0 Å². The topological polar surface area (TPSA) is 105 Å². The molecule has 1 aliphatic rings. The van der Waals surface area contributed by atoms with Crippen molar-refractivity contribution in [3.8, 4) is 11.1 Å². The van der Waals surface area contributed by atoms with E-state index in [0.717, 1.165) is 11.1 Å². The lowest BCUT2D eigenvalue weighted by Crippen LogP contribution is -2.47. The van der Waals surface area contributed by atoms with Crippen LogP contribution in [0.1, 0.15) is 57.6 Å². The minimum Gasteiger partial charge on any atom is -0.481 e. The summed E-state index contributed by atoms with van der Waals surface area (Å²) in [5.74, 6) is -1.20. The molecule has 2 amide bonds. The number of aliphatic carboxylic acids is 1. The number of fused-ring (bicyclic) bond motifs is 3. The molecule has 7 nitrogen and oxygen atoms in total. The van der Waals surface area contributed by atoms with Gasteiger partial charge in [0.1, 0.15) is 6.61 Å². The highest BCUT2D eigenvalue weighted by Gasteiger charge is 2.31. The Hall–Kier alpha value is -3.35. The molecular formula is C27H34N2O5. The maximum Gasteiger partial charge on any atom is 0.407 e. The van der Waals surface area contributed by atoms with Gasteiger partial charge in [0.25, 0.3) is 0 Å². The van der Waals surface area contributed by atoms with Gasteiger partial charge in [-0.15, -0.1) is 0 Å². The van der Waals surface area contributed by atoms with Crippen molar-refractivity contribution < 1.29 is 24.2 Å². The summed E-state index contributed by atoms with van der Waals surface area (Å²) in [6, 6.07) is 15.9. The number of amides is 2. The number of rotatable bonds is 10. The predicted octanol–water partition coefficient (Wildman–Crippen LogP) is 4.56. The summed E-state index contributed by atoms with van der Waals surface area (Å²) in [6.07, 6.45) is -0.262. The molecule has 0 radical (unpaired) electrons. The van der Waals surface area contributed by atoms with E-state index in [1.165, 1.54) is 11.1 Å². The molecule has 0 spiro atoms. The van der Waals surface area contributed by atoms with Gasteiger partial charge in [0.2, 0.25) is 5.91 Å². The lowest BCUT2D eigenvalue weighted by Gasteiger charge is -2.28. The van der Waals surface area contributed by atoms with Crippen molar-refractivity contribution in [2.45, 2.75) is 52.5 Å². The third-order valence-electron chi connectivity index (χ3n) is 6.49. The lowest BCUT2D eigenvalue weighted by atomic mass is 9.87. The minimum absolute atomic E-state index is 0.00481. The highest BCUT2D eigenvalue weighted by atomic mass is 16.5. The van der Waals surface area contributed by atoms with Crippen LogP contribution in [0.4, 0.5) is 4.79 Å². The van der Waals surface area contributed by atoms with Gasteiger partial charge in [0.15, 0.2) is 0 Å². The summed E-state index contributed by atoms with van der Waals surface area (Å²) in [5, 5.41) is 14.7. The van der Waals surface area contributed by atoms with Crippen molar-refractivity contribution in [2.24, 2.45) is 11.3 Å². The fourth-order valence-electron chi connectivity index (χ4n) is 4.25. The number of nitrogens with one attached hydrogen (secondary N) is 2. The fourth-order valence-corrected chi connectivity index (χ4v) is 4.25. The van der Waals surface area contributed by atoms with Gasteiger partial charge in [-0.3, -0.25) is 9.59 Å². The number of ether oxygens (including phenoxy) is 1. The van der Waals surface area contributed by atoms with Crippen molar-refractivity contribution in [3.63, 3.8) is 0 Å². The van der Waals surface area contributed by atoms with Crippen LogP contribution in [-0.2, 0) is 14.3 Å². The Balaban J connectivity index is 1.50. The highest BCUT2D eigenvalue weighted by Crippen LogP contribution is 2.44. The average molecular weight is 467 g/mol. The number of carboxylic acid groups (broad SMARTS) is 1. The monoisotopic (exact) mass is 466 g/mol. The molecule has 34 heavy (non-hydrogen) atoms. The van der Waals surface area contributed by atoms with Crippen LogP contribution in [-0.4, -0.2) is 42.3 Å². The van der Waals surface area contributed by atoms with Crippen LogP contribution < -0.4 is 10.6 Å². The van der Waals surface area contributed by atoms with Crippen molar-refractivity contribution in [3.05, 3.63) is 59.7 Å². The van der Waals surface area contributed by atoms with Crippen LogP contribution >= 0.6 is 0 Å². The third-order valence-corrected chi connectivity index (χ3v) is 6.49. The summed E-state index contributed by atoms with van der Waals surface area (Å²) >= 11 is 0. The highest BCUT2D eigenvalue weighted by molar-refractivity contribution is 5.83. The zero-order valence-corrected chi connectivity index (χ0v) is 20.3. The Bertz CT molecular complexity index is 1000. The van der Waals surface area contributed by atoms with Crippen LogP contribution in [0.3, 0.4) is 0 Å². The Morgan fingerprint density at radius 2 is 1.56 bits per heavy atom. The number of carbonyl (C=O) groups excluding carboxylic acids is 2. The quantitative estimate of drug-likeness (QED) is 0.476. The largest absolute Gasteiger partial charge is 0.481 e. The van der Waals surface area contributed by atoms with Gasteiger partial charge in [0, 0.05) is 23.9 Å². The standard InChI is InChI=1S/C27H34N2O5/c1-17(2)23(15-24(30)31)29-25(32)27(3,4)13-14-28-26(33)34-16-22-20-11-7-5-9-18(20)19-10-6-8-12-21(19)22/h5-12,17,22-23H,13-16H2,1-4H3,(H,28,33)(H,29,32)(H,30,31). The first-order chi connectivity index (χ1) is 16.1. The SMILES string of the molecule is CC(C)C(CC(=O)O)NC(=O)C(C)(C)CCNC(=O)OCC1c2ccccc2-c2ccccc21. The van der Waals surface area contributed by atoms with E-state index in [1.54, 1.807) is 13.8 Å². The number of carboxylic acids is 1. The van der Waals surface area contributed by atoms with E-state index in [2.05, 4.69) is 34.9 Å². The van der Waals surface area contributed by atoms with Gasteiger partial charge in [0.05, 0.1) is 6.42 Å². The summed E-state index contributed by atoms with van der Waals surface area (Å²) in [6.45, 7) is 7.80. The van der Waals surface area contributed by atoms with E-state index in [0.29, 0.717) is 6.42 Å². The summed E-state index contributed by atoms with van der Waals surface area (Å²) in [5.41, 5.74) is 3.86. The number of alkyl carbamates (subject to hydrolysis) is 1. The van der Waals surface area contributed by atoms with Gasteiger partial charge < -0.3 is 20.5 Å². The van der Waals surface area contributed by atoms with E-state index in [-0.39, 0.29) is 37.3 Å². The Kier molecular flexibility index (Phi) is 7.97. The molecular weight excluding hydrogens is 432 g/mol. The maximum absolute atomic E-state index is 12.7. The number of carbonyl (C=O) groups is 3. The molecule has 1 unspecified atom stereocenters. The Morgan fingerprint density at radius 3 is 2.09 bits per heavy atom. The van der Waals surface area contributed by atoms with Crippen LogP contribution in [0.2, 0.25) is 0 Å². The summed E-state index contributed by atoms with van der Waals surface area (Å²) < 4.78 is 5.54. The normalized spacial score (nSPS) is 13.7. The summed E-state index contributed by atoms with van der Waals surface area (Å²) in [4.78, 5) is 36.2. The molecule has 0 fully saturated rings. The lowest BCUT2D eigenvalue weighted by molar-refractivity contribution is -0.138. The van der Waals surface area contributed by atoms with E-state index in [1.807, 2.05) is 38.1 Å². The first kappa shape index (κ1) is 25.3. The first-order valence-corrected chi connectivity index (χ1v) is 11.7. The van der Waals surface area contributed by atoms with Gasteiger partial charge >= 0.3 is 12.1 Å². The Morgan fingerprint density at radius 1 is 1.00 bits per heavy atom. The molecule has 0 saturated carbocycles. The minimum atomic E-state index is -0.950. The second-order valence-electron chi connectivity index (χ2n) is 9.81. The predicted molar refractivity (Wildman–Crippen MR) is 130 cm³/mol. The maximum atomic E-state index is 12.7. The van der Waals surface area contributed by atoms with Crippen molar-refractivity contribution in [1.29, 1.82) is 0 Å². The molecule has 1 aliphatic carbocycles. The van der Waals surface area contributed by atoms with Gasteiger partial charge in [-0.25, -0.2) is 4.79 Å². The van der Waals surface area contributed by atoms with Crippen molar-refractivity contribution in [1.82, 2.24) is 10.6 Å². The molecule has 2 aromatic carbocycles. The van der Waals surface area contributed by atoms with E-state index in [4.69, 9.17) is 9.84 Å². The molecule has 3 N–H and O–H groups in total. The number of hydrogen-bond donors (Lipinski definition) is 3. The molecule has 0 saturated heterocycles. The first-order valence-electron chi connectivity index (χ1n) is 11.7. The fraction of sp³-hybridized carbons (Fsp3) is 0.444. The molecule has 0 bridgehead atoms. The smallest absolute Gasteiger partial charge is 0.407 e. The van der Waals surface area contributed by atoms with Gasteiger partial charge in [-0.1, -0.05) is 76.2 Å². The molecule has 0 aliphatic heterocycles. The molecule has 1 atom stereocenters. The van der Waals surface area contributed by atoms with Gasteiger partial charge in [-0.2, -0.15) is 0 Å². The number of benzene rings is 2. The number of hydrogen-bond acceptors (Lipinski definition) is 4. The van der Waals surface area contributed by atoms with E-state index in [9.17, 15) is 14.4 Å². The van der Waals surface area contributed by atoms with Crippen molar-refractivity contribution in [2.75, 3.05) is 13.2 Å². The van der Waals surface area contributed by atoms with Crippen LogP contribution in [0.25, 0.3) is 11.1 Å². The van der Waals surface area contributed by atoms with E-state index < -0.39 is 23.5 Å².